The molecule has 1 N–H and O–H groups in total. The van der Waals surface area contributed by atoms with Gasteiger partial charge in [0.15, 0.2) is 5.82 Å². The normalized spacial score (nSPS) is 17.6. The van der Waals surface area contributed by atoms with Gasteiger partial charge >= 0.3 is 0 Å². The molecule has 0 saturated carbocycles. The highest BCUT2D eigenvalue weighted by Crippen LogP contribution is 2.27. The van der Waals surface area contributed by atoms with Crippen molar-refractivity contribution in [2.75, 3.05) is 5.43 Å². The summed E-state index contributed by atoms with van der Waals surface area (Å²) >= 11 is 0. The molecule has 0 atom stereocenters. The van der Waals surface area contributed by atoms with Crippen molar-refractivity contribution in [1.82, 2.24) is 9.78 Å². The standard InChI is InChI=1S/C7H10N4O2S/c1-3-11-7-6(5(2)10-11)14(12,13)4-8-9-7/h4,9H,3H2,1-2H3. The van der Waals surface area contributed by atoms with Crippen LogP contribution in [0.25, 0.3) is 0 Å². The van der Waals surface area contributed by atoms with Crippen LogP contribution in [0, 0.1) is 6.92 Å². The van der Waals surface area contributed by atoms with Crippen molar-refractivity contribution in [3.05, 3.63) is 5.69 Å². The van der Waals surface area contributed by atoms with Gasteiger partial charge in [-0.1, -0.05) is 0 Å². The lowest BCUT2D eigenvalue weighted by atomic mass is 10.5. The molecule has 2 rings (SSSR count). The van der Waals surface area contributed by atoms with Crippen molar-refractivity contribution >= 4 is 21.2 Å². The first-order valence-electron chi connectivity index (χ1n) is 4.18. The number of hydrazone groups is 1. The summed E-state index contributed by atoms with van der Waals surface area (Å²) in [5.41, 5.74) is 4.06. The summed E-state index contributed by atoms with van der Waals surface area (Å²) in [4.78, 5) is 0.231. The summed E-state index contributed by atoms with van der Waals surface area (Å²) < 4.78 is 24.7. The topological polar surface area (TPSA) is 76.3 Å². The zero-order valence-electron chi connectivity index (χ0n) is 7.85. The molecule has 0 amide bonds. The lowest BCUT2D eigenvalue weighted by molar-refractivity contribution is 0.606. The maximum atomic E-state index is 11.6. The Bertz CT molecular complexity index is 500. The van der Waals surface area contributed by atoms with Gasteiger partial charge in [0.05, 0.1) is 5.69 Å². The van der Waals surface area contributed by atoms with E-state index in [1.165, 1.54) is 0 Å². The summed E-state index contributed by atoms with van der Waals surface area (Å²) in [6.45, 7) is 4.16. The third kappa shape index (κ3) is 1.12. The second kappa shape index (κ2) is 2.81. The maximum absolute atomic E-state index is 11.6. The van der Waals surface area contributed by atoms with E-state index in [1.54, 1.807) is 11.6 Å². The number of fused-ring (bicyclic) bond motifs is 1. The first-order valence-corrected chi connectivity index (χ1v) is 5.72. The van der Waals surface area contributed by atoms with Crippen LogP contribution in [0.2, 0.25) is 0 Å². The predicted octanol–water partition coefficient (Wildman–Crippen LogP) is 0.354. The Balaban J connectivity index is 2.75. The van der Waals surface area contributed by atoms with Crippen LogP contribution in [0.15, 0.2) is 10.00 Å². The molecule has 0 fully saturated rings. The maximum Gasteiger partial charge on any atom is 0.224 e. The molecule has 1 aliphatic heterocycles. The number of anilines is 1. The molecule has 2 heterocycles. The van der Waals surface area contributed by atoms with Crippen LogP contribution >= 0.6 is 0 Å². The number of aryl methyl sites for hydroxylation is 2. The lowest BCUT2D eigenvalue weighted by Gasteiger charge is -2.09. The Morgan fingerprint density at radius 1 is 1.57 bits per heavy atom. The summed E-state index contributed by atoms with van der Waals surface area (Å²) in [6, 6.07) is 0. The fourth-order valence-electron chi connectivity index (χ4n) is 1.45. The molecule has 0 aromatic carbocycles. The first-order chi connectivity index (χ1) is 6.56. The van der Waals surface area contributed by atoms with E-state index in [4.69, 9.17) is 0 Å². The number of rotatable bonds is 1. The van der Waals surface area contributed by atoms with Crippen LogP contribution in [0.3, 0.4) is 0 Å². The zero-order chi connectivity index (χ0) is 10.3. The van der Waals surface area contributed by atoms with E-state index in [9.17, 15) is 8.42 Å². The molecule has 1 aliphatic rings. The van der Waals surface area contributed by atoms with E-state index in [-0.39, 0.29) is 4.90 Å². The molecular weight excluding hydrogens is 204 g/mol. The van der Waals surface area contributed by atoms with Crippen LogP contribution in [0.1, 0.15) is 12.6 Å². The summed E-state index contributed by atoms with van der Waals surface area (Å²) in [7, 11) is -3.40. The molecular formula is C7H10N4O2S. The third-order valence-electron chi connectivity index (χ3n) is 2.02. The number of sulfone groups is 1. The molecule has 0 unspecified atom stereocenters. The van der Waals surface area contributed by atoms with Crippen molar-refractivity contribution in [2.45, 2.75) is 25.3 Å². The highest BCUT2D eigenvalue weighted by molar-refractivity contribution is 8.04. The van der Waals surface area contributed by atoms with Crippen LogP contribution in [-0.2, 0) is 16.4 Å². The molecule has 0 radical (unpaired) electrons. The highest BCUT2D eigenvalue weighted by atomic mass is 32.2. The largest absolute Gasteiger partial charge is 0.260 e. The van der Waals surface area contributed by atoms with Gasteiger partial charge in [0, 0.05) is 6.54 Å². The monoisotopic (exact) mass is 214 g/mol. The molecule has 0 bridgehead atoms. The average Bonchev–Trinajstić information content (AvgIpc) is 2.43. The predicted molar refractivity (Wildman–Crippen MR) is 51.9 cm³/mol. The van der Waals surface area contributed by atoms with Gasteiger partial charge in [0.1, 0.15) is 10.4 Å². The number of hydrogen-bond donors (Lipinski definition) is 1. The van der Waals surface area contributed by atoms with Crippen molar-refractivity contribution in [2.24, 2.45) is 5.10 Å². The number of nitrogens with zero attached hydrogens (tertiary/aromatic N) is 3. The van der Waals surface area contributed by atoms with Crippen LogP contribution in [0.4, 0.5) is 5.82 Å². The molecule has 76 valence electrons. The molecule has 1 aromatic heterocycles. The minimum Gasteiger partial charge on any atom is -0.260 e. The zero-order valence-corrected chi connectivity index (χ0v) is 8.67. The van der Waals surface area contributed by atoms with E-state index in [0.717, 1.165) is 5.55 Å². The van der Waals surface area contributed by atoms with Crippen molar-refractivity contribution in [1.29, 1.82) is 0 Å². The van der Waals surface area contributed by atoms with Gasteiger partial charge in [-0.15, -0.1) is 0 Å². The quantitative estimate of drug-likeness (QED) is 0.732. The summed E-state index contributed by atoms with van der Waals surface area (Å²) in [5, 5.41) is 7.67. The number of nitrogens with one attached hydrogen (secondary N) is 1. The van der Waals surface area contributed by atoms with Crippen LogP contribution < -0.4 is 5.43 Å². The second-order valence-corrected chi connectivity index (χ2v) is 4.68. The Morgan fingerprint density at radius 3 is 2.93 bits per heavy atom. The van der Waals surface area contributed by atoms with E-state index >= 15 is 0 Å². The third-order valence-corrected chi connectivity index (χ3v) is 3.46. The molecule has 0 saturated heterocycles. The van der Waals surface area contributed by atoms with Gasteiger partial charge in [-0.2, -0.15) is 10.2 Å². The Labute approximate surface area is 81.5 Å². The lowest BCUT2D eigenvalue weighted by Crippen LogP contribution is -2.13. The summed E-state index contributed by atoms with van der Waals surface area (Å²) in [5.74, 6) is 0.451. The van der Waals surface area contributed by atoms with Crippen molar-refractivity contribution in [3.8, 4) is 0 Å². The van der Waals surface area contributed by atoms with Gasteiger partial charge < -0.3 is 0 Å². The fourth-order valence-corrected chi connectivity index (χ4v) is 2.62. The minimum atomic E-state index is -3.40. The van der Waals surface area contributed by atoms with Crippen LogP contribution in [0.5, 0.6) is 0 Å². The highest BCUT2D eigenvalue weighted by Gasteiger charge is 2.27. The van der Waals surface area contributed by atoms with Crippen molar-refractivity contribution in [3.63, 3.8) is 0 Å². The molecule has 7 heteroatoms. The second-order valence-electron chi connectivity index (χ2n) is 2.97. The molecule has 6 nitrogen and oxygen atoms in total. The fraction of sp³-hybridized carbons (Fsp3) is 0.429. The van der Waals surface area contributed by atoms with Gasteiger partial charge in [0.2, 0.25) is 9.84 Å². The van der Waals surface area contributed by atoms with E-state index in [1.807, 2.05) is 6.92 Å². The van der Waals surface area contributed by atoms with Gasteiger partial charge in [0.25, 0.3) is 0 Å². The Morgan fingerprint density at radius 2 is 2.29 bits per heavy atom. The molecule has 0 aliphatic carbocycles. The summed E-state index contributed by atoms with van der Waals surface area (Å²) in [6.07, 6.45) is 0. The Hall–Kier alpha value is -1.37. The van der Waals surface area contributed by atoms with Gasteiger partial charge in [-0.3, -0.25) is 5.43 Å². The number of aromatic nitrogens is 2. The molecule has 14 heavy (non-hydrogen) atoms. The molecule has 0 spiro atoms. The number of hydrogen-bond acceptors (Lipinski definition) is 5. The van der Waals surface area contributed by atoms with Crippen LogP contribution in [-0.4, -0.2) is 23.7 Å². The van der Waals surface area contributed by atoms with E-state index < -0.39 is 9.84 Å². The SMILES string of the molecule is CCn1nc(C)c2c1NN=CS2(=O)=O. The van der Waals surface area contributed by atoms with Gasteiger partial charge in [-0.25, -0.2) is 13.1 Å². The van der Waals surface area contributed by atoms with Gasteiger partial charge in [-0.05, 0) is 13.8 Å². The first kappa shape index (κ1) is 9.20. The average molecular weight is 214 g/mol. The van der Waals surface area contributed by atoms with E-state index in [2.05, 4.69) is 15.6 Å². The smallest absolute Gasteiger partial charge is 0.224 e. The molecule has 1 aromatic rings. The van der Waals surface area contributed by atoms with E-state index in [0.29, 0.717) is 18.1 Å². The minimum absolute atomic E-state index is 0.231. The van der Waals surface area contributed by atoms with Crippen molar-refractivity contribution < 1.29 is 8.42 Å². The Kier molecular flexibility index (Phi) is 1.84.